The zero-order valence-electron chi connectivity index (χ0n) is 17.5. The minimum absolute atomic E-state index is 0.141. The third-order valence-electron chi connectivity index (χ3n) is 5.04. The molecule has 8 nitrogen and oxygen atoms in total. The van der Waals surface area contributed by atoms with Crippen molar-refractivity contribution >= 4 is 35.0 Å². The Kier molecular flexibility index (Phi) is 5.89. The first-order valence-electron chi connectivity index (χ1n) is 10.0. The van der Waals surface area contributed by atoms with Crippen LogP contribution in [0.25, 0.3) is 17.1 Å². The quantitative estimate of drug-likeness (QED) is 0.399. The fraction of sp³-hybridized carbons (Fsp3) is 0.130. The lowest BCUT2D eigenvalue weighted by Gasteiger charge is -2.14. The first-order valence-corrected chi connectivity index (χ1v) is 11.4. The van der Waals surface area contributed by atoms with Crippen molar-refractivity contribution < 1.29 is 14.3 Å². The molecular weight excluding hydrogens is 462 g/mol. The zero-order valence-corrected chi connectivity index (χ0v) is 19.1. The van der Waals surface area contributed by atoms with Gasteiger partial charge >= 0.3 is 0 Å². The summed E-state index contributed by atoms with van der Waals surface area (Å²) in [4.78, 5) is 16.7. The van der Waals surface area contributed by atoms with Gasteiger partial charge in [0.25, 0.3) is 0 Å². The molecule has 0 aliphatic carbocycles. The monoisotopic (exact) mass is 479 g/mol. The van der Waals surface area contributed by atoms with Gasteiger partial charge in [0.15, 0.2) is 22.5 Å². The second kappa shape index (κ2) is 9.13. The molecule has 1 aliphatic rings. The number of aromatic nitrogens is 4. The Hall–Kier alpha value is -3.56. The number of hydrogen-bond donors (Lipinski definition) is 1. The van der Waals surface area contributed by atoms with Gasteiger partial charge in [0.05, 0.1) is 11.4 Å². The molecule has 0 atom stereocenters. The first kappa shape index (κ1) is 21.3. The van der Waals surface area contributed by atoms with E-state index >= 15 is 0 Å². The number of pyridine rings is 1. The van der Waals surface area contributed by atoms with Crippen LogP contribution in [0.4, 0.5) is 5.69 Å². The van der Waals surface area contributed by atoms with Crippen LogP contribution in [0, 0.1) is 6.92 Å². The molecule has 33 heavy (non-hydrogen) atoms. The average Bonchev–Trinajstić information content (AvgIpc) is 3.47. The van der Waals surface area contributed by atoms with E-state index in [1.807, 2.05) is 41.8 Å². The van der Waals surface area contributed by atoms with Crippen LogP contribution in [0.1, 0.15) is 5.56 Å². The number of amides is 1. The van der Waals surface area contributed by atoms with Gasteiger partial charge in [-0.15, -0.1) is 10.2 Å². The number of nitrogens with one attached hydrogen (secondary N) is 1. The van der Waals surface area contributed by atoms with E-state index in [-0.39, 0.29) is 18.5 Å². The van der Waals surface area contributed by atoms with Crippen molar-refractivity contribution in [2.75, 3.05) is 17.9 Å². The smallest absolute Gasteiger partial charge is 0.234 e. The highest BCUT2D eigenvalue weighted by Gasteiger charge is 2.20. The predicted molar refractivity (Wildman–Crippen MR) is 126 cm³/mol. The summed E-state index contributed by atoms with van der Waals surface area (Å²) < 4.78 is 12.6. The van der Waals surface area contributed by atoms with Crippen molar-refractivity contribution in [3.05, 3.63) is 71.5 Å². The lowest BCUT2D eigenvalue weighted by atomic mass is 10.2. The number of carbonyl (C=O) groups is 1. The van der Waals surface area contributed by atoms with Gasteiger partial charge in [-0.25, -0.2) is 0 Å². The summed E-state index contributed by atoms with van der Waals surface area (Å²) in [5.41, 5.74) is 3.22. The summed E-state index contributed by atoms with van der Waals surface area (Å²) in [6.45, 7) is 2.12. The number of fused-ring (bicyclic) bond motifs is 1. The molecule has 0 unspecified atom stereocenters. The molecule has 2 aromatic carbocycles. The van der Waals surface area contributed by atoms with E-state index in [9.17, 15) is 4.79 Å². The van der Waals surface area contributed by atoms with E-state index in [0.717, 1.165) is 16.8 Å². The van der Waals surface area contributed by atoms with E-state index in [0.29, 0.717) is 33.2 Å². The molecule has 0 fully saturated rings. The number of anilines is 1. The van der Waals surface area contributed by atoms with E-state index in [2.05, 4.69) is 20.5 Å². The Morgan fingerprint density at radius 2 is 1.94 bits per heavy atom. The molecule has 3 heterocycles. The molecule has 0 saturated carbocycles. The normalized spacial score (nSPS) is 12.1. The standard InChI is InChI=1S/C23H18ClN5O3S/c1-14-17(24)3-2-4-18(14)29-22(15-7-9-25-10-8-15)27-28-23(29)33-12-21(30)26-16-5-6-19-20(11-16)32-13-31-19/h2-11H,12-13H2,1H3,(H,26,30). The maximum absolute atomic E-state index is 12.6. The Balaban J connectivity index is 1.40. The second-order valence-corrected chi connectivity index (χ2v) is 8.52. The number of ether oxygens (including phenoxy) is 2. The highest BCUT2D eigenvalue weighted by Crippen LogP contribution is 2.35. The zero-order chi connectivity index (χ0) is 22.8. The molecule has 1 N–H and O–H groups in total. The third kappa shape index (κ3) is 4.37. The molecular formula is C23H18ClN5O3S. The molecule has 4 aromatic rings. The Morgan fingerprint density at radius 3 is 2.79 bits per heavy atom. The van der Waals surface area contributed by atoms with Gasteiger partial charge in [-0.1, -0.05) is 29.4 Å². The van der Waals surface area contributed by atoms with Crippen LogP contribution in [0.5, 0.6) is 11.5 Å². The molecule has 0 bridgehead atoms. The van der Waals surface area contributed by atoms with Crippen LogP contribution in [-0.4, -0.2) is 38.2 Å². The lowest BCUT2D eigenvalue weighted by molar-refractivity contribution is -0.113. The minimum Gasteiger partial charge on any atom is -0.454 e. The number of thioether (sulfide) groups is 1. The molecule has 0 spiro atoms. The SMILES string of the molecule is Cc1c(Cl)cccc1-n1c(SCC(=O)Nc2ccc3c(c2)OCO3)nnc1-c1ccncc1. The number of nitrogens with zero attached hydrogens (tertiary/aromatic N) is 4. The third-order valence-corrected chi connectivity index (χ3v) is 6.38. The van der Waals surface area contributed by atoms with Gasteiger partial charge in [0.2, 0.25) is 12.7 Å². The molecule has 0 saturated heterocycles. The molecule has 2 aromatic heterocycles. The summed E-state index contributed by atoms with van der Waals surface area (Å²) in [6, 6.07) is 14.7. The summed E-state index contributed by atoms with van der Waals surface area (Å²) in [5.74, 6) is 1.88. The summed E-state index contributed by atoms with van der Waals surface area (Å²) in [6.07, 6.45) is 3.40. The summed E-state index contributed by atoms with van der Waals surface area (Å²) in [5, 5.41) is 12.8. The van der Waals surface area contributed by atoms with Crippen molar-refractivity contribution in [3.8, 4) is 28.6 Å². The average molecular weight is 480 g/mol. The maximum atomic E-state index is 12.6. The van der Waals surface area contributed by atoms with Crippen LogP contribution in [-0.2, 0) is 4.79 Å². The van der Waals surface area contributed by atoms with E-state index in [1.54, 1.807) is 30.6 Å². The van der Waals surface area contributed by atoms with E-state index in [1.165, 1.54) is 11.8 Å². The lowest BCUT2D eigenvalue weighted by Crippen LogP contribution is -2.14. The molecule has 1 aliphatic heterocycles. The van der Waals surface area contributed by atoms with Crippen molar-refractivity contribution in [1.29, 1.82) is 0 Å². The van der Waals surface area contributed by atoms with Crippen LogP contribution in [0.3, 0.4) is 0 Å². The molecule has 166 valence electrons. The topological polar surface area (TPSA) is 91.2 Å². The number of benzene rings is 2. The number of hydrogen-bond acceptors (Lipinski definition) is 7. The Bertz CT molecular complexity index is 1330. The number of carbonyl (C=O) groups excluding carboxylic acids is 1. The van der Waals surface area contributed by atoms with Gasteiger partial charge in [-0.3, -0.25) is 14.3 Å². The summed E-state index contributed by atoms with van der Waals surface area (Å²) in [7, 11) is 0. The largest absolute Gasteiger partial charge is 0.454 e. The first-order chi connectivity index (χ1) is 16.1. The maximum Gasteiger partial charge on any atom is 0.234 e. The van der Waals surface area contributed by atoms with Crippen molar-refractivity contribution in [3.63, 3.8) is 0 Å². The van der Waals surface area contributed by atoms with Crippen LogP contribution in [0.15, 0.2) is 66.1 Å². The van der Waals surface area contributed by atoms with Crippen LogP contribution < -0.4 is 14.8 Å². The van der Waals surface area contributed by atoms with Crippen molar-refractivity contribution in [2.24, 2.45) is 0 Å². The molecule has 1 amide bonds. The molecule has 0 radical (unpaired) electrons. The van der Waals surface area contributed by atoms with Gasteiger partial charge in [-0.2, -0.15) is 0 Å². The van der Waals surface area contributed by atoms with Crippen molar-refractivity contribution in [2.45, 2.75) is 12.1 Å². The van der Waals surface area contributed by atoms with Gasteiger partial charge < -0.3 is 14.8 Å². The molecule has 10 heteroatoms. The highest BCUT2D eigenvalue weighted by molar-refractivity contribution is 7.99. The Labute approximate surface area is 198 Å². The summed E-state index contributed by atoms with van der Waals surface area (Å²) >= 11 is 7.67. The fourth-order valence-corrected chi connectivity index (χ4v) is 4.32. The van der Waals surface area contributed by atoms with Crippen molar-refractivity contribution in [1.82, 2.24) is 19.7 Å². The Morgan fingerprint density at radius 1 is 1.12 bits per heavy atom. The minimum atomic E-state index is -0.179. The van der Waals surface area contributed by atoms with Gasteiger partial charge in [0.1, 0.15) is 0 Å². The highest BCUT2D eigenvalue weighted by atomic mass is 35.5. The second-order valence-electron chi connectivity index (χ2n) is 7.17. The van der Waals surface area contributed by atoms with Gasteiger partial charge in [-0.05, 0) is 48.9 Å². The van der Waals surface area contributed by atoms with Gasteiger partial charge in [0, 0.05) is 34.7 Å². The van der Waals surface area contributed by atoms with E-state index in [4.69, 9.17) is 21.1 Å². The number of rotatable bonds is 6. The number of halogens is 1. The fourth-order valence-electron chi connectivity index (χ4n) is 3.41. The molecule has 5 rings (SSSR count). The van der Waals surface area contributed by atoms with Crippen LogP contribution >= 0.6 is 23.4 Å². The predicted octanol–water partition coefficient (Wildman–Crippen LogP) is 4.75. The van der Waals surface area contributed by atoms with Crippen LogP contribution in [0.2, 0.25) is 5.02 Å². The van der Waals surface area contributed by atoms with E-state index < -0.39 is 0 Å².